The molecule has 0 fully saturated rings. The second kappa shape index (κ2) is 11.1. The minimum absolute atomic E-state index is 0.100. The van der Waals surface area contributed by atoms with E-state index in [1.165, 1.54) is 12.3 Å². The molecule has 0 radical (unpaired) electrons. The Hall–Kier alpha value is -2.62. The van der Waals surface area contributed by atoms with Gasteiger partial charge in [0.15, 0.2) is 5.78 Å². The van der Waals surface area contributed by atoms with Crippen molar-refractivity contribution in [1.29, 1.82) is 0 Å². The minimum atomic E-state index is -0.100. The maximum absolute atomic E-state index is 11.5. The lowest BCUT2D eigenvalue weighted by Gasteiger charge is -2.17. The summed E-state index contributed by atoms with van der Waals surface area (Å²) in [5, 5.41) is 6.72. The highest BCUT2D eigenvalue weighted by atomic mass is 16.1. The summed E-state index contributed by atoms with van der Waals surface area (Å²) < 4.78 is 0. The molecule has 1 atom stereocenters. The maximum Gasteiger partial charge on any atom is 0.190 e. The summed E-state index contributed by atoms with van der Waals surface area (Å²) in [5.74, 6) is 0.208. The quantitative estimate of drug-likeness (QED) is 0.576. The number of carbonyl (C=O) groups excluding carboxylic acids is 1. The monoisotopic (exact) mass is 353 g/mol. The summed E-state index contributed by atoms with van der Waals surface area (Å²) in [6.07, 6.45) is 23.1. The summed E-state index contributed by atoms with van der Waals surface area (Å²) in [6.45, 7) is 8.61. The third-order valence-electron chi connectivity index (χ3n) is 4.17. The molecular formula is C22H31N3O. The number of carbonyl (C=O) groups is 1. The van der Waals surface area contributed by atoms with Crippen molar-refractivity contribution in [1.82, 2.24) is 10.2 Å². The Labute approximate surface area is 157 Å². The smallest absolute Gasteiger partial charge is 0.190 e. The van der Waals surface area contributed by atoms with E-state index >= 15 is 0 Å². The van der Waals surface area contributed by atoms with E-state index in [-0.39, 0.29) is 11.2 Å². The van der Waals surface area contributed by atoms with E-state index in [1.54, 1.807) is 6.20 Å². The molecule has 4 nitrogen and oxygen atoms in total. The molecule has 1 aliphatic rings. The van der Waals surface area contributed by atoms with Crippen molar-refractivity contribution in [3.8, 4) is 0 Å². The SMILES string of the molecule is CC1(C)/C=C/C=C\C=C/C=C/C1.CCC(C)c1[nH]ncc1C(=O)/C=C\N. The van der Waals surface area contributed by atoms with Gasteiger partial charge in [0.1, 0.15) is 0 Å². The summed E-state index contributed by atoms with van der Waals surface area (Å²) in [5.41, 5.74) is 6.94. The van der Waals surface area contributed by atoms with Gasteiger partial charge in [-0.1, -0.05) is 76.3 Å². The van der Waals surface area contributed by atoms with Crippen LogP contribution in [0.25, 0.3) is 0 Å². The fraction of sp³-hybridized carbons (Fsp3) is 0.364. The molecule has 1 aromatic rings. The van der Waals surface area contributed by atoms with Gasteiger partial charge in [-0.15, -0.1) is 0 Å². The standard InChI is InChI=1S/C12H16.C10H15N3O/c1-12(2)10-8-6-4-3-5-7-9-11-12;1-3-7(2)10-8(6-12-13-10)9(14)4-5-11/h3-10H,11H2,1-2H3;4-7H,3,11H2,1-2H3,(H,12,13)/b5-3-,6-4-,9-7+,10-8+;5-4-. The van der Waals surface area contributed by atoms with E-state index < -0.39 is 0 Å². The van der Waals surface area contributed by atoms with Crippen LogP contribution in [0.1, 0.15) is 62.5 Å². The largest absolute Gasteiger partial charge is 0.404 e. The van der Waals surface area contributed by atoms with Crippen LogP contribution in [0.2, 0.25) is 0 Å². The molecule has 0 aliphatic heterocycles. The Morgan fingerprint density at radius 3 is 2.58 bits per heavy atom. The first-order chi connectivity index (χ1) is 12.4. The van der Waals surface area contributed by atoms with Gasteiger partial charge in [-0.25, -0.2) is 0 Å². The van der Waals surface area contributed by atoms with Gasteiger partial charge in [0.2, 0.25) is 0 Å². The van der Waals surface area contributed by atoms with Gasteiger partial charge in [0.25, 0.3) is 0 Å². The first-order valence-corrected chi connectivity index (χ1v) is 9.05. The topological polar surface area (TPSA) is 71.8 Å². The van der Waals surface area contributed by atoms with Crippen molar-refractivity contribution in [3.63, 3.8) is 0 Å². The molecule has 140 valence electrons. The molecule has 1 unspecified atom stereocenters. The van der Waals surface area contributed by atoms with Crippen LogP contribution in [0, 0.1) is 5.41 Å². The van der Waals surface area contributed by atoms with Gasteiger partial charge in [0.05, 0.1) is 11.8 Å². The molecular weight excluding hydrogens is 322 g/mol. The van der Waals surface area contributed by atoms with Crippen molar-refractivity contribution >= 4 is 5.78 Å². The lowest BCUT2D eigenvalue weighted by Crippen LogP contribution is -2.04. The van der Waals surface area contributed by atoms with E-state index in [0.717, 1.165) is 18.5 Å². The van der Waals surface area contributed by atoms with Crippen LogP contribution in [0.15, 0.2) is 67.1 Å². The van der Waals surface area contributed by atoms with Crippen molar-refractivity contribution in [2.45, 2.75) is 46.5 Å². The van der Waals surface area contributed by atoms with Gasteiger partial charge < -0.3 is 5.73 Å². The lowest BCUT2D eigenvalue weighted by atomic mass is 9.88. The number of aromatic nitrogens is 2. The average molecular weight is 354 g/mol. The molecule has 26 heavy (non-hydrogen) atoms. The van der Waals surface area contributed by atoms with Crippen LogP contribution in [-0.4, -0.2) is 16.0 Å². The number of hydrogen-bond acceptors (Lipinski definition) is 3. The fourth-order valence-corrected chi connectivity index (χ4v) is 2.34. The maximum atomic E-state index is 11.5. The Morgan fingerprint density at radius 1 is 1.27 bits per heavy atom. The number of nitrogens with one attached hydrogen (secondary N) is 1. The van der Waals surface area contributed by atoms with E-state index in [9.17, 15) is 4.79 Å². The minimum Gasteiger partial charge on any atom is -0.404 e. The third-order valence-corrected chi connectivity index (χ3v) is 4.17. The zero-order chi connectivity index (χ0) is 19.4. The van der Waals surface area contributed by atoms with E-state index in [4.69, 9.17) is 5.73 Å². The van der Waals surface area contributed by atoms with Crippen LogP contribution in [0.5, 0.6) is 0 Å². The van der Waals surface area contributed by atoms with Crippen LogP contribution in [0.3, 0.4) is 0 Å². The number of allylic oxidation sites excluding steroid dienone is 9. The molecule has 4 heteroatoms. The van der Waals surface area contributed by atoms with E-state index in [1.807, 2.05) is 12.2 Å². The van der Waals surface area contributed by atoms with E-state index in [2.05, 4.69) is 74.3 Å². The molecule has 1 aromatic heterocycles. The van der Waals surface area contributed by atoms with Crippen LogP contribution in [0.4, 0.5) is 0 Å². The second-order valence-corrected chi connectivity index (χ2v) is 6.98. The summed E-state index contributed by atoms with van der Waals surface area (Å²) in [7, 11) is 0. The molecule has 0 bridgehead atoms. The highest BCUT2D eigenvalue weighted by Gasteiger charge is 2.15. The number of nitrogens with two attached hydrogens (primary N) is 1. The summed E-state index contributed by atoms with van der Waals surface area (Å²) >= 11 is 0. The van der Waals surface area contributed by atoms with Gasteiger partial charge in [-0.3, -0.25) is 9.89 Å². The van der Waals surface area contributed by atoms with Crippen LogP contribution >= 0.6 is 0 Å². The van der Waals surface area contributed by atoms with Crippen molar-refractivity contribution < 1.29 is 4.79 Å². The van der Waals surface area contributed by atoms with Gasteiger partial charge in [-0.2, -0.15) is 5.10 Å². The normalized spacial score (nSPS) is 21.8. The number of nitrogens with zero attached hydrogens (tertiary/aromatic N) is 1. The Morgan fingerprint density at radius 2 is 1.92 bits per heavy atom. The molecule has 1 heterocycles. The zero-order valence-electron chi connectivity index (χ0n) is 16.3. The Bertz CT molecular complexity index is 703. The van der Waals surface area contributed by atoms with Crippen molar-refractivity contribution in [2.24, 2.45) is 11.1 Å². The molecule has 1 aliphatic carbocycles. The van der Waals surface area contributed by atoms with Crippen molar-refractivity contribution in [3.05, 3.63) is 78.3 Å². The van der Waals surface area contributed by atoms with Crippen LogP contribution in [-0.2, 0) is 0 Å². The average Bonchev–Trinajstić information content (AvgIpc) is 3.10. The predicted molar refractivity (Wildman–Crippen MR) is 110 cm³/mol. The Balaban J connectivity index is 0.000000263. The molecule has 0 spiro atoms. The number of ketones is 1. The summed E-state index contributed by atoms with van der Waals surface area (Å²) in [6, 6.07) is 0. The van der Waals surface area contributed by atoms with Gasteiger partial charge in [-0.05, 0) is 30.4 Å². The molecule has 0 saturated heterocycles. The molecule has 0 aromatic carbocycles. The fourth-order valence-electron chi connectivity index (χ4n) is 2.34. The second-order valence-electron chi connectivity index (χ2n) is 6.98. The first kappa shape index (κ1) is 21.4. The van der Waals surface area contributed by atoms with E-state index in [0.29, 0.717) is 11.5 Å². The molecule has 0 amide bonds. The molecule has 0 saturated carbocycles. The highest BCUT2D eigenvalue weighted by molar-refractivity contribution is 6.05. The molecule has 2 rings (SSSR count). The number of hydrogen-bond donors (Lipinski definition) is 2. The number of aromatic amines is 1. The number of H-pyrrole nitrogens is 1. The highest BCUT2D eigenvalue weighted by Crippen LogP contribution is 2.23. The zero-order valence-corrected chi connectivity index (χ0v) is 16.3. The lowest BCUT2D eigenvalue weighted by molar-refractivity contribution is 0.104. The van der Waals surface area contributed by atoms with Gasteiger partial charge in [0, 0.05) is 11.8 Å². The Kier molecular flexibility index (Phi) is 9.13. The first-order valence-electron chi connectivity index (χ1n) is 9.05. The van der Waals surface area contributed by atoms with Gasteiger partial charge >= 0.3 is 0 Å². The number of rotatable bonds is 4. The molecule has 3 N–H and O–H groups in total. The summed E-state index contributed by atoms with van der Waals surface area (Å²) in [4.78, 5) is 11.5. The predicted octanol–water partition coefficient (Wildman–Crippen LogP) is 5.22. The van der Waals surface area contributed by atoms with Crippen molar-refractivity contribution in [2.75, 3.05) is 0 Å². The van der Waals surface area contributed by atoms with Crippen LogP contribution < -0.4 is 5.73 Å². The third kappa shape index (κ3) is 7.51.